The number of rotatable bonds is 2. The Morgan fingerprint density at radius 1 is 0.774 bits per heavy atom. The van der Waals surface area contributed by atoms with Gasteiger partial charge in [0.1, 0.15) is 6.29 Å². The number of imide groups is 1. The van der Waals surface area contributed by atoms with E-state index in [1.165, 1.54) is 4.90 Å². The van der Waals surface area contributed by atoms with Crippen LogP contribution >= 0.6 is 11.6 Å². The molecule has 3 aliphatic carbocycles. The van der Waals surface area contributed by atoms with Gasteiger partial charge in [0, 0.05) is 10.4 Å². The van der Waals surface area contributed by atoms with Gasteiger partial charge in [0.25, 0.3) is 0 Å². The summed E-state index contributed by atoms with van der Waals surface area (Å²) < 4.78 is 0. The second-order valence-electron chi connectivity index (χ2n) is 8.72. The minimum Gasteiger partial charge on any atom is -0.302 e. The van der Waals surface area contributed by atoms with Crippen molar-refractivity contribution in [1.29, 1.82) is 0 Å². The van der Waals surface area contributed by atoms with Crippen molar-refractivity contribution in [3.8, 4) is 0 Å². The van der Waals surface area contributed by atoms with Crippen molar-refractivity contribution in [2.75, 3.05) is 4.90 Å². The Morgan fingerprint density at radius 3 is 1.77 bits per heavy atom. The van der Waals surface area contributed by atoms with Gasteiger partial charge in [-0.3, -0.25) is 9.59 Å². The molecule has 0 saturated carbocycles. The molecule has 1 fully saturated rings. The molecule has 1 heterocycles. The third-order valence-corrected chi connectivity index (χ3v) is 7.81. The van der Waals surface area contributed by atoms with E-state index in [0.29, 0.717) is 10.7 Å². The van der Waals surface area contributed by atoms with Crippen molar-refractivity contribution >= 4 is 35.4 Å². The lowest BCUT2D eigenvalue weighted by atomic mass is 9.42. The largest absolute Gasteiger partial charge is 0.302 e. The Bertz CT molecular complexity index is 1250. The number of carbonyl (C=O) groups excluding carboxylic acids is 3. The fourth-order valence-electron chi connectivity index (χ4n) is 6.31. The molecule has 7 rings (SSSR count). The average molecular weight is 428 g/mol. The maximum atomic E-state index is 13.9. The van der Waals surface area contributed by atoms with Gasteiger partial charge in [-0.05, 0) is 46.5 Å². The highest BCUT2D eigenvalue weighted by Gasteiger charge is 2.72. The number of nitrogens with zero attached hydrogens (tertiary/aromatic N) is 1. The zero-order valence-electron chi connectivity index (χ0n) is 16.7. The van der Waals surface area contributed by atoms with Crippen LogP contribution in [0.15, 0.2) is 72.8 Å². The summed E-state index contributed by atoms with van der Waals surface area (Å²) in [5.74, 6) is -2.05. The van der Waals surface area contributed by atoms with Crippen LogP contribution in [0.2, 0.25) is 5.02 Å². The number of amides is 2. The summed E-state index contributed by atoms with van der Waals surface area (Å²) >= 11 is 6.02. The van der Waals surface area contributed by atoms with Crippen molar-refractivity contribution in [2.24, 2.45) is 11.8 Å². The molecule has 2 bridgehead atoms. The lowest BCUT2D eigenvalue weighted by Crippen LogP contribution is -2.61. The van der Waals surface area contributed by atoms with Crippen LogP contribution in [0.25, 0.3) is 0 Å². The molecule has 1 saturated heterocycles. The standard InChI is InChI=1S/C26H18ClNO3/c1-25-17-6-2-4-8-19(17)26(14-29,20-9-5-3-7-18(20)25)22-21(25)23(30)28(24(22)31)16-12-10-15(27)11-13-16/h2-14,21-22H,1H3/t21-,22-,25?,26?/m0/s1. The maximum absolute atomic E-state index is 13.9. The number of hydrogen-bond donors (Lipinski definition) is 0. The Hall–Kier alpha value is -3.24. The van der Waals surface area contributed by atoms with Crippen molar-refractivity contribution < 1.29 is 14.4 Å². The minimum atomic E-state index is -1.19. The van der Waals surface area contributed by atoms with E-state index in [1.54, 1.807) is 24.3 Å². The van der Waals surface area contributed by atoms with E-state index in [9.17, 15) is 14.4 Å². The van der Waals surface area contributed by atoms with E-state index < -0.39 is 22.7 Å². The number of benzene rings is 3. The molecule has 4 nitrogen and oxygen atoms in total. The van der Waals surface area contributed by atoms with Gasteiger partial charge in [0.05, 0.1) is 22.9 Å². The van der Waals surface area contributed by atoms with E-state index >= 15 is 0 Å². The Morgan fingerprint density at radius 2 is 1.26 bits per heavy atom. The fourth-order valence-corrected chi connectivity index (χ4v) is 6.43. The lowest BCUT2D eigenvalue weighted by Gasteiger charge is -2.56. The highest BCUT2D eigenvalue weighted by atomic mass is 35.5. The predicted molar refractivity (Wildman–Crippen MR) is 117 cm³/mol. The first-order valence-electron chi connectivity index (χ1n) is 10.3. The van der Waals surface area contributed by atoms with Crippen LogP contribution in [0.1, 0.15) is 29.2 Å². The van der Waals surface area contributed by atoms with E-state index in [2.05, 4.69) is 0 Å². The average Bonchev–Trinajstić information content (AvgIpc) is 3.07. The third kappa shape index (κ3) is 1.95. The van der Waals surface area contributed by atoms with Crippen molar-refractivity contribution in [3.63, 3.8) is 0 Å². The van der Waals surface area contributed by atoms with Crippen LogP contribution in [0.4, 0.5) is 5.69 Å². The van der Waals surface area contributed by atoms with Crippen molar-refractivity contribution in [3.05, 3.63) is 100 Å². The summed E-state index contributed by atoms with van der Waals surface area (Å²) in [6, 6.07) is 22.1. The van der Waals surface area contributed by atoms with Crippen molar-refractivity contribution in [1.82, 2.24) is 0 Å². The SMILES string of the molecule is CC12c3ccccc3C(C=O)(c3ccccc31)[C@@H]1C(=O)N(c3ccc(Cl)cc3)C(=O)[C@H]12. The zero-order chi connectivity index (χ0) is 21.5. The summed E-state index contributed by atoms with van der Waals surface area (Å²) in [4.78, 5) is 41.9. The van der Waals surface area contributed by atoms with Gasteiger partial charge in [-0.15, -0.1) is 0 Å². The Kier molecular flexibility index (Phi) is 3.54. The molecular formula is C26H18ClNO3. The smallest absolute Gasteiger partial charge is 0.239 e. The van der Waals surface area contributed by atoms with Gasteiger partial charge in [0.15, 0.2) is 0 Å². The van der Waals surface area contributed by atoms with Crippen LogP contribution in [0.5, 0.6) is 0 Å². The molecule has 2 atom stereocenters. The molecule has 0 aromatic heterocycles. The first-order valence-corrected chi connectivity index (χ1v) is 10.6. The first-order chi connectivity index (χ1) is 15.0. The molecular weight excluding hydrogens is 410 g/mol. The van der Waals surface area contributed by atoms with Gasteiger partial charge < -0.3 is 4.79 Å². The van der Waals surface area contributed by atoms with Gasteiger partial charge in [-0.25, -0.2) is 4.90 Å². The number of aldehydes is 1. The lowest BCUT2D eigenvalue weighted by molar-refractivity contribution is -0.129. The molecule has 3 aromatic rings. The number of carbonyl (C=O) groups is 3. The third-order valence-electron chi connectivity index (χ3n) is 7.55. The zero-order valence-corrected chi connectivity index (χ0v) is 17.5. The highest BCUT2D eigenvalue weighted by molar-refractivity contribution is 6.31. The van der Waals surface area contributed by atoms with E-state index in [1.807, 2.05) is 55.5 Å². The summed E-state index contributed by atoms with van der Waals surface area (Å²) in [6.45, 7) is 2.03. The molecule has 0 spiro atoms. The number of hydrogen-bond acceptors (Lipinski definition) is 3. The van der Waals surface area contributed by atoms with Gasteiger partial charge >= 0.3 is 0 Å². The molecule has 152 valence electrons. The van der Waals surface area contributed by atoms with E-state index in [4.69, 9.17) is 11.6 Å². The monoisotopic (exact) mass is 427 g/mol. The van der Waals surface area contributed by atoms with Crippen LogP contribution in [-0.2, 0) is 25.2 Å². The van der Waals surface area contributed by atoms with Crippen LogP contribution < -0.4 is 4.90 Å². The van der Waals surface area contributed by atoms with Crippen LogP contribution in [0.3, 0.4) is 0 Å². The van der Waals surface area contributed by atoms with Crippen LogP contribution in [0, 0.1) is 11.8 Å². The van der Waals surface area contributed by atoms with Gasteiger partial charge in [0.2, 0.25) is 11.8 Å². The second kappa shape index (κ2) is 5.92. The molecule has 31 heavy (non-hydrogen) atoms. The summed E-state index contributed by atoms with van der Waals surface area (Å²) in [6.07, 6.45) is 0.887. The summed E-state index contributed by atoms with van der Waals surface area (Å²) in [5, 5.41) is 0.525. The molecule has 5 heteroatoms. The summed E-state index contributed by atoms with van der Waals surface area (Å²) in [7, 11) is 0. The molecule has 0 radical (unpaired) electrons. The predicted octanol–water partition coefficient (Wildman–Crippen LogP) is 4.26. The molecule has 2 amide bonds. The second-order valence-corrected chi connectivity index (χ2v) is 9.16. The molecule has 4 aliphatic rings. The fraction of sp³-hybridized carbons (Fsp3) is 0.192. The Labute approximate surface area is 184 Å². The van der Waals surface area contributed by atoms with E-state index in [-0.39, 0.29) is 11.8 Å². The quantitative estimate of drug-likeness (QED) is 0.453. The van der Waals surface area contributed by atoms with E-state index in [0.717, 1.165) is 28.5 Å². The minimum absolute atomic E-state index is 0.268. The summed E-state index contributed by atoms with van der Waals surface area (Å²) in [5.41, 5.74) is 2.12. The number of halogens is 1. The topological polar surface area (TPSA) is 54.5 Å². The molecule has 1 aliphatic heterocycles. The van der Waals surface area contributed by atoms with Gasteiger partial charge in [-0.1, -0.05) is 67.1 Å². The van der Waals surface area contributed by atoms with Crippen LogP contribution in [-0.4, -0.2) is 18.1 Å². The molecule has 3 aromatic carbocycles. The Balaban J connectivity index is 1.69. The van der Waals surface area contributed by atoms with Crippen molar-refractivity contribution in [2.45, 2.75) is 17.8 Å². The maximum Gasteiger partial charge on any atom is 0.239 e. The highest BCUT2D eigenvalue weighted by Crippen LogP contribution is 2.66. The number of anilines is 1. The molecule has 0 unspecified atom stereocenters. The normalized spacial score (nSPS) is 30.1. The first kappa shape index (κ1) is 18.5. The van der Waals surface area contributed by atoms with Gasteiger partial charge in [-0.2, -0.15) is 0 Å². The molecule has 0 N–H and O–H groups in total.